The van der Waals surface area contributed by atoms with Crippen LogP contribution in [0.5, 0.6) is 0 Å². The molecule has 1 aliphatic rings. The first-order valence-electron chi connectivity index (χ1n) is 6.09. The van der Waals surface area contributed by atoms with Crippen LogP contribution in [0.15, 0.2) is 0 Å². The second-order valence-electron chi connectivity index (χ2n) is 6.07. The predicted molar refractivity (Wildman–Crippen MR) is 63.1 cm³/mol. The van der Waals surface area contributed by atoms with E-state index in [1.807, 2.05) is 0 Å². The van der Waals surface area contributed by atoms with E-state index in [-0.39, 0.29) is 5.60 Å². The van der Waals surface area contributed by atoms with E-state index in [2.05, 4.69) is 34.6 Å². The van der Waals surface area contributed by atoms with Crippen LogP contribution in [0.25, 0.3) is 0 Å². The molecule has 0 atom stereocenters. The third-order valence-corrected chi connectivity index (χ3v) is 2.85. The normalized spacial score (nSPS) is 19.6. The average Bonchev–Trinajstić information content (AvgIpc) is 2.80. The Morgan fingerprint density at radius 2 is 1.80 bits per heavy atom. The van der Waals surface area contributed by atoms with Crippen molar-refractivity contribution in [3.63, 3.8) is 0 Å². The van der Waals surface area contributed by atoms with E-state index in [1.165, 1.54) is 12.8 Å². The summed E-state index contributed by atoms with van der Waals surface area (Å²) in [6, 6.07) is 0. The molecular weight excluding hydrogens is 188 g/mol. The van der Waals surface area contributed by atoms with E-state index in [0.717, 1.165) is 19.6 Å². The number of rotatable bonds is 6. The Morgan fingerprint density at radius 1 is 1.20 bits per heavy atom. The molecule has 0 N–H and O–H groups in total. The molecule has 0 unspecified atom stereocenters. The molecule has 0 radical (unpaired) electrons. The van der Waals surface area contributed by atoms with Crippen molar-refractivity contribution in [3.8, 4) is 0 Å². The van der Waals surface area contributed by atoms with Gasteiger partial charge in [-0.15, -0.1) is 0 Å². The summed E-state index contributed by atoms with van der Waals surface area (Å²) >= 11 is 0. The number of ether oxygens (including phenoxy) is 2. The van der Waals surface area contributed by atoms with Gasteiger partial charge in [0, 0.05) is 6.61 Å². The first kappa shape index (κ1) is 13.0. The molecule has 1 rings (SSSR count). The van der Waals surface area contributed by atoms with Crippen molar-refractivity contribution in [2.45, 2.75) is 65.6 Å². The van der Waals surface area contributed by atoms with E-state index in [0.29, 0.717) is 11.5 Å². The van der Waals surface area contributed by atoms with Crippen molar-refractivity contribution in [1.29, 1.82) is 0 Å². The van der Waals surface area contributed by atoms with E-state index >= 15 is 0 Å². The largest absolute Gasteiger partial charge is 0.379 e. The smallest absolute Gasteiger partial charge is 0.0598 e. The van der Waals surface area contributed by atoms with Gasteiger partial charge in [0.15, 0.2) is 0 Å². The van der Waals surface area contributed by atoms with Crippen molar-refractivity contribution in [1.82, 2.24) is 0 Å². The summed E-state index contributed by atoms with van der Waals surface area (Å²) in [7, 11) is 0. The highest BCUT2D eigenvalue weighted by molar-refractivity contribution is 4.93. The molecular formula is C13H26O2. The number of hydrogen-bond donors (Lipinski definition) is 0. The first-order chi connectivity index (χ1) is 6.83. The summed E-state index contributed by atoms with van der Waals surface area (Å²) in [5.41, 5.74) is 0.441. The fraction of sp³-hybridized carbons (Fsp3) is 1.00. The van der Waals surface area contributed by atoms with Gasteiger partial charge in [0.05, 0.1) is 18.3 Å². The highest BCUT2D eigenvalue weighted by Gasteiger charge is 2.43. The van der Waals surface area contributed by atoms with Gasteiger partial charge in [-0.25, -0.2) is 0 Å². The topological polar surface area (TPSA) is 18.5 Å². The SMILES string of the molecule is CC(C)OCCC1(COC(C)(C)C)CC1. The third-order valence-electron chi connectivity index (χ3n) is 2.85. The summed E-state index contributed by atoms with van der Waals surface area (Å²) < 4.78 is 11.5. The average molecular weight is 214 g/mol. The van der Waals surface area contributed by atoms with Crippen LogP contribution in [0.3, 0.4) is 0 Å². The molecule has 0 spiro atoms. The van der Waals surface area contributed by atoms with Crippen molar-refractivity contribution >= 4 is 0 Å². The van der Waals surface area contributed by atoms with E-state index in [1.54, 1.807) is 0 Å². The van der Waals surface area contributed by atoms with Gasteiger partial charge in [-0.05, 0) is 59.3 Å². The Morgan fingerprint density at radius 3 is 2.20 bits per heavy atom. The van der Waals surface area contributed by atoms with E-state index in [4.69, 9.17) is 9.47 Å². The molecule has 15 heavy (non-hydrogen) atoms. The summed E-state index contributed by atoms with van der Waals surface area (Å²) in [5, 5.41) is 0. The number of hydrogen-bond acceptors (Lipinski definition) is 2. The van der Waals surface area contributed by atoms with Crippen LogP contribution in [-0.4, -0.2) is 24.9 Å². The molecule has 0 saturated heterocycles. The summed E-state index contributed by atoms with van der Waals surface area (Å²) in [4.78, 5) is 0. The standard InChI is InChI=1S/C13H26O2/c1-11(2)14-9-8-13(6-7-13)10-15-12(3,4)5/h11H,6-10H2,1-5H3. The zero-order valence-electron chi connectivity index (χ0n) is 10.9. The Balaban J connectivity index is 2.16. The van der Waals surface area contributed by atoms with Crippen LogP contribution in [0, 0.1) is 5.41 Å². The highest BCUT2D eigenvalue weighted by atomic mass is 16.5. The lowest BCUT2D eigenvalue weighted by atomic mass is 10.0. The maximum atomic E-state index is 5.86. The molecule has 1 fully saturated rings. The fourth-order valence-corrected chi connectivity index (χ4v) is 1.52. The molecule has 0 bridgehead atoms. The van der Waals surface area contributed by atoms with E-state index in [9.17, 15) is 0 Å². The molecule has 1 saturated carbocycles. The van der Waals surface area contributed by atoms with Crippen molar-refractivity contribution in [2.24, 2.45) is 5.41 Å². The van der Waals surface area contributed by atoms with Crippen LogP contribution in [0.2, 0.25) is 0 Å². The second-order valence-corrected chi connectivity index (χ2v) is 6.07. The summed E-state index contributed by atoms with van der Waals surface area (Å²) in [5.74, 6) is 0. The van der Waals surface area contributed by atoms with Gasteiger partial charge in [-0.2, -0.15) is 0 Å². The van der Waals surface area contributed by atoms with Crippen molar-refractivity contribution in [3.05, 3.63) is 0 Å². The molecule has 0 amide bonds. The maximum Gasteiger partial charge on any atom is 0.0598 e. The van der Waals surface area contributed by atoms with Crippen molar-refractivity contribution in [2.75, 3.05) is 13.2 Å². The van der Waals surface area contributed by atoms with Gasteiger partial charge in [-0.3, -0.25) is 0 Å². The highest BCUT2D eigenvalue weighted by Crippen LogP contribution is 2.49. The summed E-state index contributed by atoms with van der Waals surface area (Å²) in [6.45, 7) is 12.3. The maximum absolute atomic E-state index is 5.86. The molecule has 2 heteroatoms. The molecule has 2 nitrogen and oxygen atoms in total. The Labute approximate surface area is 94.3 Å². The Bertz CT molecular complexity index is 187. The Hall–Kier alpha value is -0.0800. The van der Waals surface area contributed by atoms with Crippen LogP contribution in [0.1, 0.15) is 53.9 Å². The van der Waals surface area contributed by atoms with Gasteiger partial charge in [0.25, 0.3) is 0 Å². The quantitative estimate of drug-likeness (QED) is 0.674. The molecule has 90 valence electrons. The minimum absolute atomic E-state index is 0.00546. The molecule has 0 heterocycles. The Kier molecular flexibility index (Phi) is 4.19. The molecule has 0 aliphatic heterocycles. The van der Waals surface area contributed by atoms with Gasteiger partial charge in [0.1, 0.15) is 0 Å². The lowest BCUT2D eigenvalue weighted by Gasteiger charge is -2.24. The zero-order valence-corrected chi connectivity index (χ0v) is 10.9. The first-order valence-corrected chi connectivity index (χ1v) is 6.09. The molecule has 1 aliphatic carbocycles. The minimum Gasteiger partial charge on any atom is -0.379 e. The van der Waals surface area contributed by atoms with Gasteiger partial charge in [0.2, 0.25) is 0 Å². The molecule has 0 aromatic heterocycles. The van der Waals surface area contributed by atoms with Crippen LogP contribution >= 0.6 is 0 Å². The lowest BCUT2D eigenvalue weighted by Crippen LogP contribution is -2.25. The van der Waals surface area contributed by atoms with Gasteiger partial charge in [-0.1, -0.05) is 0 Å². The van der Waals surface area contributed by atoms with Crippen molar-refractivity contribution < 1.29 is 9.47 Å². The van der Waals surface area contributed by atoms with Crippen LogP contribution in [0.4, 0.5) is 0 Å². The predicted octanol–water partition coefficient (Wildman–Crippen LogP) is 3.40. The lowest BCUT2D eigenvalue weighted by molar-refractivity contribution is -0.0366. The van der Waals surface area contributed by atoms with Gasteiger partial charge >= 0.3 is 0 Å². The molecule has 0 aromatic carbocycles. The minimum atomic E-state index is -0.00546. The zero-order chi connectivity index (χ0) is 11.5. The van der Waals surface area contributed by atoms with Crippen LogP contribution < -0.4 is 0 Å². The summed E-state index contributed by atoms with van der Waals surface area (Å²) in [6.07, 6.45) is 4.13. The monoisotopic (exact) mass is 214 g/mol. The van der Waals surface area contributed by atoms with Crippen LogP contribution in [-0.2, 0) is 9.47 Å². The van der Waals surface area contributed by atoms with E-state index < -0.39 is 0 Å². The second kappa shape index (κ2) is 4.84. The van der Waals surface area contributed by atoms with Gasteiger partial charge < -0.3 is 9.47 Å². The fourth-order valence-electron chi connectivity index (χ4n) is 1.52. The molecule has 0 aromatic rings. The third kappa shape index (κ3) is 5.53.